The molecule has 0 aliphatic heterocycles. The molecule has 0 saturated heterocycles. The summed E-state index contributed by atoms with van der Waals surface area (Å²) >= 11 is 0. The molecule has 0 unspecified atom stereocenters. The summed E-state index contributed by atoms with van der Waals surface area (Å²) in [5, 5.41) is 29.5. The molecular weight excluding hydrogens is 464 g/mol. The van der Waals surface area contributed by atoms with Crippen molar-refractivity contribution >= 4 is 29.6 Å². The highest BCUT2D eigenvalue weighted by atomic mass is 16.6. The number of aliphatic hydroxyl groups excluding tert-OH is 1. The second-order valence-electron chi connectivity index (χ2n) is 6.64. The average Bonchev–Trinajstić information content (AvgIpc) is 2.83. The highest BCUT2D eigenvalue weighted by molar-refractivity contribution is 6.12. The van der Waals surface area contributed by atoms with Crippen LogP contribution < -0.4 is 10.8 Å². The standard InChI is InChI=1S/C23H20N2O10/c1-2-34-23(33)14-4-5-16(21(29)30)15(9-14)11-35-25-12-24-20(28)18-10-13(19(27)7-8-26)3-6-17(18)22(31)32/h3-6,9-10,25-26H,2,11-12H2,1H3,(H,24,28)(H,29,30)(H,31,32). The van der Waals surface area contributed by atoms with Crippen LogP contribution in [-0.2, 0) is 16.2 Å². The zero-order valence-corrected chi connectivity index (χ0v) is 18.3. The van der Waals surface area contributed by atoms with E-state index in [0.717, 1.165) is 18.2 Å². The lowest BCUT2D eigenvalue weighted by Gasteiger charge is -2.12. The Morgan fingerprint density at radius 3 is 2.20 bits per heavy atom. The quantitative estimate of drug-likeness (QED) is 0.0769. The molecular formula is C23H20N2O10. The molecule has 1 amide bonds. The fraction of sp³-hybridized carbons (Fsp3) is 0.174. The molecule has 2 rings (SSSR count). The molecule has 35 heavy (non-hydrogen) atoms. The number of hydrogen-bond acceptors (Lipinski definition) is 9. The predicted molar refractivity (Wildman–Crippen MR) is 117 cm³/mol. The molecule has 0 bridgehead atoms. The molecule has 0 heterocycles. The molecule has 0 fully saturated rings. The molecule has 2 aromatic carbocycles. The SMILES string of the molecule is CCOC(=O)c1ccc(C(=O)O)c(CONCNC(=O)c2cc(C(=O)C#CO)ccc2C(=O)O)c1. The van der Waals surface area contributed by atoms with Crippen LogP contribution >= 0.6 is 0 Å². The number of carboxylic acid groups (broad SMARTS) is 2. The van der Waals surface area contributed by atoms with Crippen molar-refractivity contribution in [3.8, 4) is 12.0 Å². The number of esters is 1. The van der Waals surface area contributed by atoms with Crippen molar-refractivity contribution in [2.45, 2.75) is 13.5 Å². The minimum absolute atomic E-state index is 0.103. The van der Waals surface area contributed by atoms with Crippen LogP contribution in [0.3, 0.4) is 0 Å². The van der Waals surface area contributed by atoms with E-state index in [1.165, 1.54) is 24.3 Å². The Kier molecular flexibility index (Phi) is 9.47. The van der Waals surface area contributed by atoms with Gasteiger partial charge in [-0.1, -0.05) is 0 Å². The molecule has 5 N–H and O–H groups in total. The van der Waals surface area contributed by atoms with Gasteiger partial charge in [0.25, 0.3) is 5.91 Å². The van der Waals surface area contributed by atoms with E-state index in [1.807, 2.05) is 5.92 Å². The van der Waals surface area contributed by atoms with Crippen molar-refractivity contribution in [3.05, 3.63) is 69.8 Å². The Bertz CT molecular complexity index is 1230. The first-order chi connectivity index (χ1) is 16.7. The molecule has 0 radical (unpaired) electrons. The molecule has 0 aliphatic carbocycles. The smallest absolute Gasteiger partial charge is 0.338 e. The number of ketones is 1. The van der Waals surface area contributed by atoms with Crippen LogP contribution in [0.5, 0.6) is 0 Å². The Morgan fingerprint density at radius 2 is 1.57 bits per heavy atom. The van der Waals surface area contributed by atoms with Crippen molar-refractivity contribution < 1.29 is 48.9 Å². The number of Topliss-reactive ketones (excluding diaryl/α,β-unsaturated/α-hetero) is 1. The van der Waals surface area contributed by atoms with Gasteiger partial charge in [-0.25, -0.2) is 14.4 Å². The number of aliphatic hydroxyl groups is 1. The average molecular weight is 484 g/mol. The van der Waals surface area contributed by atoms with Gasteiger partial charge in [0.1, 0.15) is 6.11 Å². The van der Waals surface area contributed by atoms with E-state index in [0.29, 0.717) is 0 Å². The van der Waals surface area contributed by atoms with Gasteiger partial charge in [0.05, 0.1) is 42.1 Å². The molecule has 2 aromatic rings. The van der Waals surface area contributed by atoms with E-state index < -0.39 is 29.6 Å². The van der Waals surface area contributed by atoms with Crippen LogP contribution in [0.4, 0.5) is 0 Å². The normalized spacial score (nSPS) is 9.97. The summed E-state index contributed by atoms with van der Waals surface area (Å²) in [5.74, 6) is -3.10. The fourth-order valence-electron chi connectivity index (χ4n) is 2.84. The highest BCUT2D eigenvalue weighted by Crippen LogP contribution is 2.15. The largest absolute Gasteiger partial charge is 0.478 e. The molecule has 0 atom stereocenters. The van der Waals surface area contributed by atoms with Crippen LogP contribution in [0.2, 0.25) is 0 Å². The summed E-state index contributed by atoms with van der Waals surface area (Å²) in [5.41, 5.74) is 1.74. The lowest BCUT2D eigenvalue weighted by atomic mass is 10.0. The van der Waals surface area contributed by atoms with E-state index in [-0.39, 0.29) is 53.3 Å². The maximum absolute atomic E-state index is 12.5. The lowest BCUT2D eigenvalue weighted by molar-refractivity contribution is 0.0224. The maximum Gasteiger partial charge on any atom is 0.338 e. The third-order valence-corrected chi connectivity index (χ3v) is 4.42. The van der Waals surface area contributed by atoms with Gasteiger partial charge in [0, 0.05) is 11.5 Å². The van der Waals surface area contributed by atoms with Crippen LogP contribution in [0, 0.1) is 12.0 Å². The molecule has 0 aromatic heterocycles. The van der Waals surface area contributed by atoms with Gasteiger partial charge in [-0.05, 0) is 48.9 Å². The topological polar surface area (TPSA) is 189 Å². The van der Waals surface area contributed by atoms with Crippen molar-refractivity contribution in [2.24, 2.45) is 0 Å². The number of carbonyl (C=O) groups excluding carboxylic acids is 3. The number of carboxylic acids is 2. The fourth-order valence-corrected chi connectivity index (χ4v) is 2.84. The first-order valence-electron chi connectivity index (χ1n) is 9.92. The number of ether oxygens (including phenoxy) is 1. The second-order valence-corrected chi connectivity index (χ2v) is 6.64. The van der Waals surface area contributed by atoms with E-state index in [4.69, 9.17) is 14.7 Å². The van der Waals surface area contributed by atoms with E-state index in [1.54, 1.807) is 6.92 Å². The number of amides is 1. The van der Waals surface area contributed by atoms with Crippen LogP contribution in [0.1, 0.15) is 64.3 Å². The van der Waals surface area contributed by atoms with Gasteiger partial charge in [-0.3, -0.25) is 14.4 Å². The summed E-state index contributed by atoms with van der Waals surface area (Å²) in [6, 6.07) is 7.07. The summed E-state index contributed by atoms with van der Waals surface area (Å²) in [7, 11) is 0. The van der Waals surface area contributed by atoms with Crippen LogP contribution in [-0.4, -0.2) is 58.2 Å². The Labute approximate surface area is 198 Å². The van der Waals surface area contributed by atoms with E-state index in [2.05, 4.69) is 10.8 Å². The molecule has 0 saturated carbocycles. The predicted octanol–water partition coefficient (Wildman–Crippen LogP) is 1.18. The van der Waals surface area contributed by atoms with Crippen molar-refractivity contribution in [1.29, 1.82) is 0 Å². The first-order valence-corrected chi connectivity index (χ1v) is 9.92. The Hall–Kier alpha value is -4.73. The number of nitrogens with one attached hydrogen (secondary N) is 2. The molecule has 0 aliphatic rings. The van der Waals surface area contributed by atoms with Crippen molar-refractivity contribution in [3.63, 3.8) is 0 Å². The Balaban J connectivity index is 2.05. The van der Waals surface area contributed by atoms with Gasteiger partial charge < -0.3 is 25.4 Å². The minimum Gasteiger partial charge on any atom is -0.478 e. The molecule has 12 nitrogen and oxygen atoms in total. The minimum atomic E-state index is -1.41. The third kappa shape index (κ3) is 7.13. The van der Waals surface area contributed by atoms with Crippen molar-refractivity contribution in [2.75, 3.05) is 13.3 Å². The number of aromatic carboxylic acids is 2. The summed E-state index contributed by atoms with van der Waals surface area (Å²) in [4.78, 5) is 64.2. The third-order valence-electron chi connectivity index (χ3n) is 4.42. The van der Waals surface area contributed by atoms with Gasteiger partial charge in [-0.15, -0.1) is 0 Å². The van der Waals surface area contributed by atoms with Gasteiger partial charge in [0.15, 0.2) is 0 Å². The summed E-state index contributed by atoms with van der Waals surface area (Å²) in [6.07, 6.45) is 1.44. The van der Waals surface area contributed by atoms with E-state index >= 15 is 0 Å². The zero-order valence-electron chi connectivity index (χ0n) is 18.3. The first kappa shape index (κ1) is 26.5. The zero-order chi connectivity index (χ0) is 26.0. The summed E-state index contributed by atoms with van der Waals surface area (Å²) in [6.45, 7) is 1.14. The molecule has 12 heteroatoms. The molecule has 182 valence electrons. The van der Waals surface area contributed by atoms with Crippen LogP contribution in [0.25, 0.3) is 0 Å². The highest BCUT2D eigenvalue weighted by Gasteiger charge is 2.19. The second kappa shape index (κ2) is 12.5. The Morgan fingerprint density at radius 1 is 0.914 bits per heavy atom. The lowest BCUT2D eigenvalue weighted by Crippen LogP contribution is -2.34. The van der Waals surface area contributed by atoms with E-state index in [9.17, 15) is 34.2 Å². The van der Waals surface area contributed by atoms with Crippen LogP contribution in [0.15, 0.2) is 36.4 Å². The van der Waals surface area contributed by atoms with Gasteiger partial charge in [0.2, 0.25) is 5.78 Å². The number of hydrogen-bond donors (Lipinski definition) is 5. The number of carbonyl (C=O) groups is 5. The van der Waals surface area contributed by atoms with Gasteiger partial charge in [-0.2, -0.15) is 5.48 Å². The number of hydroxylamine groups is 1. The van der Waals surface area contributed by atoms with Gasteiger partial charge >= 0.3 is 17.9 Å². The monoisotopic (exact) mass is 484 g/mol. The summed E-state index contributed by atoms with van der Waals surface area (Å²) < 4.78 is 4.88. The van der Waals surface area contributed by atoms with Crippen molar-refractivity contribution in [1.82, 2.24) is 10.8 Å². The number of rotatable bonds is 11. The molecule has 0 spiro atoms. The maximum atomic E-state index is 12.5. The number of benzene rings is 2.